The number of amides is 1. The van der Waals surface area contributed by atoms with Gasteiger partial charge in [0.05, 0.1) is 5.56 Å². The Bertz CT molecular complexity index is 685. The van der Waals surface area contributed by atoms with E-state index in [2.05, 4.69) is 22.6 Å². The zero-order valence-electron chi connectivity index (χ0n) is 10.4. The lowest BCUT2D eigenvalue weighted by atomic mass is 10.1. The van der Waals surface area contributed by atoms with Gasteiger partial charge in [-0.1, -0.05) is 35.3 Å². The summed E-state index contributed by atoms with van der Waals surface area (Å²) in [5, 5.41) is 1.38. The maximum atomic E-state index is 12.5. The first-order valence-corrected chi connectivity index (χ1v) is 7.89. The Kier molecular flexibility index (Phi) is 3.93. The molecule has 1 amide bonds. The zero-order chi connectivity index (χ0) is 14.3. The van der Waals surface area contributed by atoms with Crippen molar-refractivity contribution in [2.45, 2.75) is 13.1 Å². The van der Waals surface area contributed by atoms with Gasteiger partial charge in [0.2, 0.25) is 0 Å². The maximum absolute atomic E-state index is 12.5. The van der Waals surface area contributed by atoms with Gasteiger partial charge in [0.25, 0.3) is 5.91 Å². The fourth-order valence-corrected chi connectivity index (χ4v) is 3.83. The van der Waals surface area contributed by atoms with Crippen LogP contribution in [0.15, 0.2) is 36.4 Å². The molecule has 0 radical (unpaired) electrons. The van der Waals surface area contributed by atoms with Gasteiger partial charge in [-0.05, 0) is 58.0 Å². The highest BCUT2D eigenvalue weighted by molar-refractivity contribution is 14.1. The molecule has 1 heterocycles. The summed E-state index contributed by atoms with van der Waals surface area (Å²) in [6.45, 7) is 1.19. The Morgan fingerprint density at radius 3 is 2.50 bits per heavy atom. The van der Waals surface area contributed by atoms with Gasteiger partial charge in [-0.15, -0.1) is 0 Å². The van der Waals surface area contributed by atoms with E-state index < -0.39 is 0 Å². The summed E-state index contributed by atoms with van der Waals surface area (Å²) >= 11 is 14.1. The SMILES string of the molecule is O=C1c2c(I)cc(Cl)cc2CN1Cc1ccc(Cl)cc1. The third-order valence-electron chi connectivity index (χ3n) is 3.29. The first-order chi connectivity index (χ1) is 9.54. The first-order valence-electron chi connectivity index (χ1n) is 6.06. The predicted molar refractivity (Wildman–Crippen MR) is 89.2 cm³/mol. The van der Waals surface area contributed by atoms with Gasteiger partial charge in [0.15, 0.2) is 0 Å². The third-order valence-corrected chi connectivity index (χ3v) is 4.61. The molecule has 1 aliphatic heterocycles. The van der Waals surface area contributed by atoms with E-state index in [1.165, 1.54) is 0 Å². The van der Waals surface area contributed by atoms with E-state index in [1.807, 2.05) is 41.3 Å². The van der Waals surface area contributed by atoms with Gasteiger partial charge < -0.3 is 4.90 Å². The molecule has 20 heavy (non-hydrogen) atoms. The molecule has 0 bridgehead atoms. The van der Waals surface area contributed by atoms with Gasteiger partial charge in [-0.25, -0.2) is 0 Å². The molecule has 3 rings (SSSR count). The molecule has 102 valence electrons. The van der Waals surface area contributed by atoms with E-state index in [9.17, 15) is 4.79 Å². The number of hydrogen-bond donors (Lipinski definition) is 0. The van der Waals surface area contributed by atoms with E-state index in [1.54, 1.807) is 0 Å². The van der Waals surface area contributed by atoms with Crippen LogP contribution in [0.4, 0.5) is 0 Å². The van der Waals surface area contributed by atoms with Crippen LogP contribution in [0.2, 0.25) is 10.0 Å². The van der Waals surface area contributed by atoms with Crippen molar-refractivity contribution in [3.8, 4) is 0 Å². The molecule has 2 aromatic rings. The number of benzene rings is 2. The second-order valence-electron chi connectivity index (χ2n) is 4.71. The second kappa shape index (κ2) is 5.54. The largest absolute Gasteiger partial charge is 0.330 e. The van der Waals surface area contributed by atoms with Crippen molar-refractivity contribution in [1.82, 2.24) is 4.90 Å². The Labute approximate surface area is 140 Å². The summed E-state index contributed by atoms with van der Waals surface area (Å²) in [4.78, 5) is 14.3. The lowest BCUT2D eigenvalue weighted by molar-refractivity contribution is 0.0766. The summed E-state index contributed by atoms with van der Waals surface area (Å²) in [6, 6.07) is 11.3. The minimum absolute atomic E-state index is 0.0658. The first kappa shape index (κ1) is 14.2. The van der Waals surface area contributed by atoms with Crippen LogP contribution >= 0.6 is 45.8 Å². The number of rotatable bonds is 2. The fraction of sp³-hybridized carbons (Fsp3) is 0.133. The summed E-state index contributed by atoms with van der Waals surface area (Å²) in [6.07, 6.45) is 0. The number of hydrogen-bond acceptors (Lipinski definition) is 1. The quantitative estimate of drug-likeness (QED) is 0.645. The van der Waals surface area contributed by atoms with Crippen LogP contribution in [0.1, 0.15) is 21.5 Å². The summed E-state index contributed by atoms with van der Waals surface area (Å²) in [7, 11) is 0. The van der Waals surface area contributed by atoms with Gasteiger partial charge >= 0.3 is 0 Å². The lowest BCUT2D eigenvalue weighted by Crippen LogP contribution is -2.23. The highest BCUT2D eigenvalue weighted by atomic mass is 127. The number of halogens is 3. The van der Waals surface area contributed by atoms with Crippen LogP contribution in [0.25, 0.3) is 0 Å². The fourth-order valence-electron chi connectivity index (χ4n) is 2.36. The van der Waals surface area contributed by atoms with Crippen molar-refractivity contribution >= 4 is 51.7 Å². The molecule has 5 heteroatoms. The van der Waals surface area contributed by atoms with Crippen LogP contribution in [0.5, 0.6) is 0 Å². The Hall–Kier alpha value is -0.780. The summed E-state index contributed by atoms with van der Waals surface area (Å²) in [5.74, 6) is 0.0658. The number of carbonyl (C=O) groups is 1. The molecular weight excluding hydrogens is 408 g/mol. The maximum Gasteiger partial charge on any atom is 0.255 e. The van der Waals surface area contributed by atoms with Gasteiger partial charge in [-0.3, -0.25) is 4.79 Å². The molecule has 0 saturated heterocycles. The van der Waals surface area contributed by atoms with Gasteiger partial charge in [0.1, 0.15) is 0 Å². The van der Waals surface area contributed by atoms with Crippen molar-refractivity contribution in [3.63, 3.8) is 0 Å². The van der Waals surface area contributed by atoms with E-state index >= 15 is 0 Å². The molecule has 0 fully saturated rings. The van der Waals surface area contributed by atoms with Crippen LogP contribution in [-0.2, 0) is 13.1 Å². The Morgan fingerprint density at radius 1 is 1.10 bits per heavy atom. The van der Waals surface area contributed by atoms with E-state index in [-0.39, 0.29) is 5.91 Å². The van der Waals surface area contributed by atoms with Crippen LogP contribution in [0, 0.1) is 3.57 Å². The van der Waals surface area contributed by atoms with Crippen molar-refractivity contribution in [2.75, 3.05) is 0 Å². The average Bonchev–Trinajstić information content (AvgIpc) is 2.69. The Morgan fingerprint density at radius 2 is 1.80 bits per heavy atom. The van der Waals surface area contributed by atoms with Crippen molar-refractivity contribution in [3.05, 3.63) is 66.7 Å². The lowest BCUT2D eigenvalue weighted by Gasteiger charge is -2.15. The zero-order valence-corrected chi connectivity index (χ0v) is 14.0. The van der Waals surface area contributed by atoms with Gasteiger partial charge in [0, 0.05) is 26.7 Å². The molecule has 0 N–H and O–H groups in total. The van der Waals surface area contributed by atoms with Crippen LogP contribution in [-0.4, -0.2) is 10.8 Å². The normalized spacial score (nSPS) is 13.8. The van der Waals surface area contributed by atoms with E-state index in [4.69, 9.17) is 23.2 Å². The molecule has 0 aliphatic carbocycles. The predicted octanol–water partition coefficient (Wildman–Crippen LogP) is 4.75. The molecule has 1 aliphatic rings. The number of fused-ring (bicyclic) bond motifs is 1. The van der Waals surface area contributed by atoms with E-state index in [0.717, 1.165) is 20.3 Å². The van der Waals surface area contributed by atoms with Crippen LogP contribution < -0.4 is 0 Å². The van der Waals surface area contributed by atoms with Crippen molar-refractivity contribution in [1.29, 1.82) is 0 Å². The average molecular weight is 418 g/mol. The number of carbonyl (C=O) groups excluding carboxylic acids is 1. The molecular formula is C15H10Cl2INO. The van der Waals surface area contributed by atoms with Crippen molar-refractivity contribution < 1.29 is 4.79 Å². The minimum atomic E-state index is 0.0658. The third kappa shape index (κ3) is 2.67. The van der Waals surface area contributed by atoms with Crippen molar-refractivity contribution in [2.24, 2.45) is 0 Å². The van der Waals surface area contributed by atoms with Crippen LogP contribution in [0.3, 0.4) is 0 Å². The molecule has 0 saturated carbocycles. The molecule has 0 atom stereocenters. The smallest absolute Gasteiger partial charge is 0.255 e. The van der Waals surface area contributed by atoms with E-state index in [0.29, 0.717) is 23.1 Å². The van der Waals surface area contributed by atoms with Gasteiger partial charge in [-0.2, -0.15) is 0 Å². The molecule has 0 spiro atoms. The minimum Gasteiger partial charge on any atom is -0.330 e. The number of nitrogens with zero attached hydrogens (tertiary/aromatic N) is 1. The highest BCUT2D eigenvalue weighted by Gasteiger charge is 2.29. The monoisotopic (exact) mass is 417 g/mol. The second-order valence-corrected chi connectivity index (χ2v) is 6.74. The standard InChI is InChI=1S/C15H10Cl2INO/c16-11-3-1-9(2-4-11)7-19-8-10-5-12(17)6-13(18)14(10)15(19)20/h1-6H,7-8H2. The molecule has 0 unspecified atom stereocenters. The summed E-state index contributed by atoms with van der Waals surface area (Å²) in [5.41, 5.74) is 2.85. The highest BCUT2D eigenvalue weighted by Crippen LogP contribution is 2.31. The molecule has 2 nitrogen and oxygen atoms in total. The Balaban J connectivity index is 1.87. The molecule has 0 aromatic heterocycles. The molecule has 2 aromatic carbocycles. The summed E-state index contributed by atoms with van der Waals surface area (Å²) < 4.78 is 0.911. The topological polar surface area (TPSA) is 20.3 Å².